The number of carbonyl (C=O) groups excluding carboxylic acids is 4. The van der Waals surface area contributed by atoms with Gasteiger partial charge in [0.2, 0.25) is 0 Å². The Morgan fingerprint density at radius 2 is 1.21 bits per heavy atom. The van der Waals surface area contributed by atoms with Crippen molar-refractivity contribution >= 4 is 24.0 Å². The minimum Gasteiger partial charge on any atom is -0.488 e. The summed E-state index contributed by atoms with van der Waals surface area (Å²) in [6.07, 6.45) is 6.00. The molecule has 2 saturated heterocycles. The van der Waals surface area contributed by atoms with E-state index in [-0.39, 0.29) is 29.9 Å². The number of ether oxygens (including phenoxy) is 4. The van der Waals surface area contributed by atoms with Crippen LogP contribution in [-0.4, -0.2) is 80.5 Å². The third kappa shape index (κ3) is 7.75. The summed E-state index contributed by atoms with van der Waals surface area (Å²) in [5.74, 6) is 2.38. The average molecular weight is 891 g/mol. The van der Waals surface area contributed by atoms with Gasteiger partial charge < -0.3 is 49.3 Å². The zero-order valence-electron chi connectivity index (χ0n) is 36.8. The molecule has 0 unspecified atom stereocenters. The molecule has 4 amide bonds. The average Bonchev–Trinajstić information content (AvgIpc) is 4.21. The molecule has 16 heteroatoms. The predicted molar refractivity (Wildman–Crippen MR) is 242 cm³/mol. The normalized spacial score (nSPS) is 18.9. The van der Waals surface area contributed by atoms with E-state index in [0.717, 1.165) is 88.4 Å². The van der Waals surface area contributed by atoms with E-state index in [1.165, 1.54) is 14.2 Å². The highest BCUT2D eigenvalue weighted by Crippen LogP contribution is 2.51. The fourth-order valence-corrected chi connectivity index (χ4v) is 10.0. The van der Waals surface area contributed by atoms with E-state index in [1.54, 1.807) is 17.3 Å². The molecule has 4 aromatic carbocycles. The summed E-state index contributed by atoms with van der Waals surface area (Å²) in [4.78, 5) is 73.6. The lowest BCUT2D eigenvalue weighted by Crippen LogP contribution is -2.46. The van der Waals surface area contributed by atoms with Crippen LogP contribution in [0.5, 0.6) is 11.5 Å². The Morgan fingerprint density at radius 3 is 1.73 bits per heavy atom. The number of amides is 4. The number of nitrogens with zero attached hydrogens (tertiary/aromatic N) is 4. The number of alkyl carbamates (subject to hydrolysis) is 2. The van der Waals surface area contributed by atoms with Crippen molar-refractivity contribution in [1.82, 2.24) is 40.4 Å². The molecule has 4 aliphatic heterocycles. The highest BCUT2D eigenvalue weighted by atomic mass is 16.5. The molecule has 10 rings (SSSR count). The number of aromatic nitrogens is 4. The van der Waals surface area contributed by atoms with Crippen LogP contribution in [0, 0.1) is 0 Å². The Hall–Kier alpha value is -7.62. The molecule has 66 heavy (non-hydrogen) atoms. The van der Waals surface area contributed by atoms with Crippen LogP contribution >= 0.6 is 0 Å². The molecule has 5 atom stereocenters. The van der Waals surface area contributed by atoms with Gasteiger partial charge >= 0.3 is 12.2 Å². The summed E-state index contributed by atoms with van der Waals surface area (Å²) in [5.41, 5.74) is 8.61. The van der Waals surface area contributed by atoms with Crippen LogP contribution in [0.15, 0.2) is 97.3 Å². The molecular weight excluding hydrogens is 841 g/mol. The number of carbonyl (C=O) groups is 4. The van der Waals surface area contributed by atoms with Gasteiger partial charge in [0.05, 0.1) is 50.1 Å². The number of methoxy groups -OCH3 is 2. The first-order valence-electron chi connectivity index (χ1n) is 22.3. The Morgan fingerprint density at radius 1 is 0.697 bits per heavy atom. The number of H-pyrrole nitrogens is 2. The van der Waals surface area contributed by atoms with Crippen molar-refractivity contribution in [1.29, 1.82) is 0 Å². The SMILES string of the molecule is CC[C@@H]1CC[C@@H](c2ncc(-c3cc4c5c(c3)OCc3cc(-c6cnc([C@@H]7CCCN7C(=O)[C@H](NC(=O)OC)c7ccccc7)[nH]6)cc(c3-5)OC4)[nH]2)N1C(=O)[C@H](NC(=O)OC)c1ccccc1. The van der Waals surface area contributed by atoms with Gasteiger partial charge in [-0.25, -0.2) is 19.6 Å². The van der Waals surface area contributed by atoms with Crippen molar-refractivity contribution in [3.8, 4) is 45.1 Å². The fourth-order valence-electron chi connectivity index (χ4n) is 10.0. The number of hydrogen-bond donors (Lipinski definition) is 4. The maximum absolute atomic E-state index is 14.4. The highest BCUT2D eigenvalue weighted by molar-refractivity contribution is 5.90. The summed E-state index contributed by atoms with van der Waals surface area (Å²) in [7, 11) is 2.56. The van der Waals surface area contributed by atoms with E-state index in [9.17, 15) is 19.2 Å². The van der Waals surface area contributed by atoms with Crippen molar-refractivity contribution in [2.45, 2.75) is 82.5 Å². The topological polar surface area (TPSA) is 193 Å². The van der Waals surface area contributed by atoms with Gasteiger partial charge in [0.1, 0.15) is 48.4 Å². The number of rotatable bonds is 11. The predicted octanol–water partition coefficient (Wildman–Crippen LogP) is 8.22. The lowest BCUT2D eigenvalue weighted by molar-refractivity contribution is -0.137. The van der Waals surface area contributed by atoms with Crippen LogP contribution in [0.25, 0.3) is 33.6 Å². The lowest BCUT2D eigenvalue weighted by atomic mass is 9.87. The van der Waals surface area contributed by atoms with E-state index in [2.05, 4.69) is 39.7 Å². The summed E-state index contributed by atoms with van der Waals surface area (Å²) >= 11 is 0. The second-order valence-electron chi connectivity index (χ2n) is 17.0. The molecule has 4 N–H and O–H groups in total. The van der Waals surface area contributed by atoms with Crippen LogP contribution in [-0.2, 0) is 32.3 Å². The number of aromatic amines is 2. The molecule has 2 fully saturated rings. The van der Waals surface area contributed by atoms with Gasteiger partial charge in [-0.05, 0) is 67.5 Å². The molecule has 0 saturated carbocycles. The number of likely N-dealkylation sites (tertiary alicyclic amines) is 2. The summed E-state index contributed by atoms with van der Waals surface area (Å²) in [6.45, 7) is 3.24. The smallest absolute Gasteiger partial charge is 0.407 e. The molecule has 0 bridgehead atoms. The van der Waals surface area contributed by atoms with Crippen molar-refractivity contribution in [2.24, 2.45) is 0 Å². The second kappa shape index (κ2) is 17.7. The van der Waals surface area contributed by atoms with E-state index in [4.69, 9.17) is 28.9 Å². The number of nitrogens with one attached hydrogen (secondary N) is 4. The monoisotopic (exact) mass is 890 g/mol. The maximum atomic E-state index is 14.4. The van der Waals surface area contributed by atoms with Gasteiger partial charge in [-0.3, -0.25) is 9.59 Å². The molecule has 0 radical (unpaired) electrons. The molecule has 2 aromatic heterocycles. The van der Waals surface area contributed by atoms with Crippen LogP contribution in [0.4, 0.5) is 9.59 Å². The first-order valence-corrected chi connectivity index (χ1v) is 22.3. The van der Waals surface area contributed by atoms with E-state index in [1.807, 2.05) is 77.7 Å². The summed E-state index contributed by atoms with van der Waals surface area (Å²) in [6, 6.07) is 24.1. The van der Waals surface area contributed by atoms with Gasteiger partial charge in [0, 0.05) is 46.0 Å². The number of imidazole rings is 2. The molecule has 6 heterocycles. The minimum absolute atomic E-state index is 0.0321. The molecule has 0 aliphatic carbocycles. The number of benzene rings is 4. The van der Waals surface area contributed by atoms with Gasteiger partial charge in [0.15, 0.2) is 0 Å². The lowest BCUT2D eigenvalue weighted by Gasteiger charge is -2.32. The molecule has 16 nitrogen and oxygen atoms in total. The van der Waals surface area contributed by atoms with Crippen LogP contribution in [0.3, 0.4) is 0 Å². The molecule has 4 aliphatic rings. The Labute approximate surface area is 381 Å². The summed E-state index contributed by atoms with van der Waals surface area (Å²) < 4.78 is 22.7. The Bertz CT molecular complexity index is 2760. The number of hydrogen-bond acceptors (Lipinski definition) is 10. The third-order valence-electron chi connectivity index (χ3n) is 13.2. The second-order valence-corrected chi connectivity index (χ2v) is 17.0. The first-order chi connectivity index (χ1) is 32.2. The van der Waals surface area contributed by atoms with Gasteiger partial charge in [-0.1, -0.05) is 67.6 Å². The molecule has 0 spiro atoms. The minimum atomic E-state index is -0.924. The fraction of sp³-hybridized carbons (Fsp3) is 0.320. The van der Waals surface area contributed by atoms with E-state index >= 15 is 0 Å². The van der Waals surface area contributed by atoms with Crippen molar-refractivity contribution in [3.63, 3.8) is 0 Å². The standard InChI is InChI=1S/C50H50N8O8/c1-4-34-17-18-38(58(34)48(60)44(56-50(62)64-3)29-14-9-6-10-15-29)46-52-25-36(54-46)31-21-33-27-65-39-22-30(20-32-26-66-40(23-31)42(33)41(32)39)35-24-51-45(53-35)37-16-11-19-57(37)47(59)43(55-49(61)63-2)28-12-7-5-8-13-28/h5-10,12-15,20-25,34,37-38,43-44H,4,11,16-19,26-27H2,1-3H3,(H,51,53)(H,52,54)(H,55,61)(H,56,62)/t34-,37+,38+,43-,44-/m1/s1. The molecule has 6 aromatic rings. The Balaban J connectivity index is 0.890. The zero-order valence-corrected chi connectivity index (χ0v) is 36.8. The summed E-state index contributed by atoms with van der Waals surface area (Å²) in [5, 5.41) is 5.49. The largest absolute Gasteiger partial charge is 0.488 e. The van der Waals surface area contributed by atoms with Crippen molar-refractivity contribution < 1.29 is 38.1 Å². The highest BCUT2D eigenvalue weighted by Gasteiger charge is 2.42. The van der Waals surface area contributed by atoms with Crippen molar-refractivity contribution in [3.05, 3.63) is 131 Å². The van der Waals surface area contributed by atoms with Gasteiger partial charge in [0.25, 0.3) is 11.8 Å². The van der Waals surface area contributed by atoms with Crippen LogP contribution in [0.1, 0.15) is 97.1 Å². The quantitative estimate of drug-likeness (QED) is 0.0985. The van der Waals surface area contributed by atoms with Crippen LogP contribution in [0.2, 0.25) is 0 Å². The maximum Gasteiger partial charge on any atom is 0.407 e. The van der Waals surface area contributed by atoms with Gasteiger partial charge in [-0.2, -0.15) is 0 Å². The van der Waals surface area contributed by atoms with E-state index in [0.29, 0.717) is 42.5 Å². The molecule has 338 valence electrons. The first kappa shape index (κ1) is 42.3. The van der Waals surface area contributed by atoms with Gasteiger partial charge in [-0.15, -0.1) is 0 Å². The van der Waals surface area contributed by atoms with Crippen LogP contribution < -0.4 is 20.1 Å². The van der Waals surface area contributed by atoms with E-state index < -0.39 is 24.3 Å². The third-order valence-corrected chi connectivity index (χ3v) is 13.2. The molecular formula is C50H50N8O8. The zero-order chi connectivity index (χ0) is 45.5. The van der Waals surface area contributed by atoms with Crippen molar-refractivity contribution in [2.75, 3.05) is 20.8 Å². The Kier molecular flexibility index (Phi) is 11.4.